The summed E-state index contributed by atoms with van der Waals surface area (Å²) in [5.41, 5.74) is -5.41. The summed E-state index contributed by atoms with van der Waals surface area (Å²) in [6, 6.07) is 2.93. The molecule has 0 N–H and O–H groups in total. The predicted octanol–water partition coefficient (Wildman–Crippen LogP) is 8.70. The first-order chi connectivity index (χ1) is 20.2. The lowest BCUT2D eigenvalue weighted by Gasteiger charge is -2.20. The first kappa shape index (κ1) is 31.0. The fraction of sp³-hybridized carbons (Fsp3) is 0.0667. The highest BCUT2D eigenvalue weighted by molar-refractivity contribution is 5.66. The molecule has 0 aliphatic rings. The Balaban J connectivity index is 1.62. The van der Waals surface area contributed by atoms with Crippen molar-refractivity contribution >= 4 is 0 Å². The van der Waals surface area contributed by atoms with Crippen LogP contribution >= 0.6 is 0 Å². The van der Waals surface area contributed by atoms with Crippen molar-refractivity contribution in [2.24, 2.45) is 0 Å². The van der Waals surface area contributed by atoms with Crippen molar-refractivity contribution in [1.29, 1.82) is 0 Å². The molecule has 0 bridgehead atoms. The second-order valence-corrected chi connectivity index (χ2v) is 8.56. The van der Waals surface area contributed by atoms with Gasteiger partial charge >= 0.3 is 6.11 Å². The van der Waals surface area contributed by atoms with Crippen molar-refractivity contribution < 1.29 is 57.8 Å². The minimum Gasteiger partial charge on any atom is -0.489 e. The summed E-state index contributed by atoms with van der Waals surface area (Å²) < 4.78 is 166. The third-order valence-corrected chi connectivity index (χ3v) is 5.58. The van der Waals surface area contributed by atoms with Gasteiger partial charge in [0, 0.05) is 29.8 Å². The van der Waals surface area contributed by atoms with E-state index in [9.17, 15) is 48.3 Å². The van der Waals surface area contributed by atoms with Crippen LogP contribution in [0.3, 0.4) is 0 Å². The fourth-order valence-electron chi connectivity index (χ4n) is 3.75. The average Bonchev–Trinajstić information content (AvgIpc) is 2.88. The minimum atomic E-state index is -4.89. The van der Waals surface area contributed by atoms with Crippen LogP contribution in [0.2, 0.25) is 0 Å². The minimum absolute atomic E-state index is 0.0587. The van der Waals surface area contributed by atoms with E-state index in [1.807, 2.05) is 11.8 Å². The molecule has 0 unspecified atom stereocenters. The Morgan fingerprint density at radius 3 is 1.65 bits per heavy atom. The molecule has 0 aromatic heterocycles. The van der Waals surface area contributed by atoms with E-state index in [2.05, 4.69) is 11.3 Å². The van der Waals surface area contributed by atoms with Gasteiger partial charge < -0.3 is 9.47 Å². The van der Waals surface area contributed by atoms with E-state index in [0.29, 0.717) is 12.1 Å². The van der Waals surface area contributed by atoms with E-state index in [0.717, 1.165) is 12.1 Å². The van der Waals surface area contributed by atoms with Crippen LogP contribution < -0.4 is 9.47 Å². The van der Waals surface area contributed by atoms with Crippen LogP contribution in [0.5, 0.6) is 11.5 Å². The van der Waals surface area contributed by atoms with Crippen LogP contribution in [0.15, 0.2) is 61.2 Å². The summed E-state index contributed by atoms with van der Waals surface area (Å²) in [4.78, 5) is 0. The molecule has 0 amide bonds. The Kier molecular flexibility index (Phi) is 8.70. The second kappa shape index (κ2) is 12.1. The topological polar surface area (TPSA) is 18.5 Å². The molecule has 0 aliphatic heterocycles. The van der Waals surface area contributed by atoms with Crippen molar-refractivity contribution in [3.63, 3.8) is 0 Å². The van der Waals surface area contributed by atoms with Gasteiger partial charge in [-0.2, -0.15) is 8.78 Å². The number of alkyl halides is 2. The molecule has 2 nitrogen and oxygen atoms in total. The van der Waals surface area contributed by atoms with Crippen LogP contribution in [0.4, 0.5) is 48.3 Å². The first-order valence-corrected chi connectivity index (χ1v) is 11.7. The highest BCUT2D eigenvalue weighted by Gasteiger charge is 2.41. The number of hydrogen-bond acceptors (Lipinski definition) is 2. The van der Waals surface area contributed by atoms with Crippen LogP contribution in [-0.2, 0) is 6.11 Å². The summed E-state index contributed by atoms with van der Waals surface area (Å²) in [5.74, 6) is -12.6. The zero-order chi connectivity index (χ0) is 31.6. The Hall–Kier alpha value is -4.99. The zero-order valence-electron chi connectivity index (χ0n) is 21.1. The Morgan fingerprint density at radius 2 is 1.14 bits per heavy atom. The molecule has 222 valence electrons. The molecule has 0 radical (unpaired) electrons. The molecule has 4 rings (SSSR count). The fourth-order valence-corrected chi connectivity index (χ4v) is 3.75. The van der Waals surface area contributed by atoms with Gasteiger partial charge in [0.25, 0.3) is 0 Å². The summed E-state index contributed by atoms with van der Waals surface area (Å²) in [6.07, 6.45) is -3.58. The molecule has 0 fully saturated rings. The number of benzene rings is 4. The van der Waals surface area contributed by atoms with E-state index in [4.69, 9.17) is 4.74 Å². The largest absolute Gasteiger partial charge is 0.489 e. The van der Waals surface area contributed by atoms with Gasteiger partial charge in [-0.05, 0) is 29.8 Å². The molecule has 0 atom stereocenters. The van der Waals surface area contributed by atoms with Crippen LogP contribution in [0.25, 0.3) is 11.1 Å². The normalized spacial score (nSPS) is 11.1. The highest BCUT2D eigenvalue weighted by Crippen LogP contribution is 2.38. The lowest BCUT2D eigenvalue weighted by atomic mass is 10.0. The molecule has 0 heterocycles. The number of rotatable bonds is 7. The molecule has 0 spiro atoms. The Morgan fingerprint density at radius 1 is 0.628 bits per heavy atom. The molecule has 0 saturated carbocycles. The van der Waals surface area contributed by atoms with Gasteiger partial charge in [0.1, 0.15) is 58.6 Å². The van der Waals surface area contributed by atoms with Crippen molar-refractivity contribution in [3.8, 4) is 34.5 Å². The maximum atomic E-state index is 14.8. The standard InChI is InChI=1S/C30H13F11O2/c1-2-5-42-16-10-19(31)18(20(32)11-16)4-3-14-6-23(35)28(24(36)7-14)30(40,41)43-17-12-21(33)27(22(34)13-17)15-8-25(37)29(39)26(38)9-15/h2,6-13H,1,5H2. The van der Waals surface area contributed by atoms with Crippen LogP contribution in [0, 0.1) is 64.2 Å². The van der Waals surface area contributed by atoms with Gasteiger partial charge in [-0.1, -0.05) is 24.5 Å². The summed E-state index contributed by atoms with van der Waals surface area (Å²) in [5, 5.41) is 0. The van der Waals surface area contributed by atoms with Crippen LogP contribution in [-0.4, -0.2) is 6.61 Å². The second-order valence-electron chi connectivity index (χ2n) is 8.56. The smallest absolute Gasteiger partial charge is 0.432 e. The Bertz CT molecular complexity index is 1710. The van der Waals surface area contributed by atoms with Crippen molar-refractivity contribution in [2.45, 2.75) is 6.11 Å². The average molecular weight is 614 g/mol. The van der Waals surface area contributed by atoms with Gasteiger partial charge in [-0.15, -0.1) is 0 Å². The monoisotopic (exact) mass is 614 g/mol. The summed E-state index contributed by atoms with van der Waals surface area (Å²) in [7, 11) is 0. The zero-order valence-corrected chi connectivity index (χ0v) is 21.1. The van der Waals surface area contributed by atoms with Gasteiger partial charge in [-0.3, -0.25) is 0 Å². The molecule has 43 heavy (non-hydrogen) atoms. The quantitative estimate of drug-likeness (QED) is 0.0898. The van der Waals surface area contributed by atoms with E-state index in [1.54, 1.807) is 0 Å². The highest BCUT2D eigenvalue weighted by atomic mass is 19.3. The number of hydrogen-bond donors (Lipinski definition) is 0. The molecule has 4 aromatic rings. The lowest BCUT2D eigenvalue weighted by molar-refractivity contribution is -0.189. The van der Waals surface area contributed by atoms with E-state index in [-0.39, 0.29) is 36.6 Å². The molecular weight excluding hydrogens is 601 g/mol. The van der Waals surface area contributed by atoms with Crippen molar-refractivity contribution in [2.75, 3.05) is 6.61 Å². The number of ether oxygens (including phenoxy) is 2. The van der Waals surface area contributed by atoms with E-state index < -0.39 is 92.0 Å². The maximum Gasteiger partial charge on any atom is 0.432 e. The molecule has 0 aliphatic carbocycles. The van der Waals surface area contributed by atoms with Crippen molar-refractivity contribution in [3.05, 3.63) is 130 Å². The van der Waals surface area contributed by atoms with Gasteiger partial charge in [0.15, 0.2) is 17.5 Å². The van der Waals surface area contributed by atoms with E-state index in [1.165, 1.54) is 6.08 Å². The Labute approximate surface area is 235 Å². The van der Waals surface area contributed by atoms with E-state index >= 15 is 0 Å². The predicted molar refractivity (Wildman–Crippen MR) is 131 cm³/mol. The number of halogens is 11. The lowest BCUT2D eigenvalue weighted by Crippen LogP contribution is -2.25. The summed E-state index contributed by atoms with van der Waals surface area (Å²) in [6.45, 7) is 3.31. The van der Waals surface area contributed by atoms with Crippen molar-refractivity contribution in [1.82, 2.24) is 0 Å². The first-order valence-electron chi connectivity index (χ1n) is 11.7. The molecular formula is C30H13F11O2. The maximum absolute atomic E-state index is 14.8. The van der Waals surface area contributed by atoms with Gasteiger partial charge in [-0.25, -0.2) is 39.5 Å². The molecule has 13 heteroatoms. The summed E-state index contributed by atoms with van der Waals surface area (Å²) >= 11 is 0. The molecule has 4 aromatic carbocycles. The van der Waals surface area contributed by atoms with Gasteiger partial charge in [0.05, 0.1) is 11.1 Å². The van der Waals surface area contributed by atoms with Crippen LogP contribution in [0.1, 0.15) is 16.7 Å². The van der Waals surface area contributed by atoms with Gasteiger partial charge in [0.2, 0.25) is 0 Å². The molecule has 0 saturated heterocycles. The third-order valence-electron chi connectivity index (χ3n) is 5.58. The third kappa shape index (κ3) is 6.58. The SMILES string of the molecule is C=CCOc1cc(F)c(C#Cc2cc(F)c(C(F)(F)Oc3cc(F)c(-c4cc(F)c(F)c(F)c4)c(F)c3)c(F)c2)c(F)c1.